The second-order valence-corrected chi connectivity index (χ2v) is 7.72. The van der Waals surface area contributed by atoms with Crippen molar-refractivity contribution in [2.24, 2.45) is 0 Å². The number of halogens is 1. The van der Waals surface area contributed by atoms with Crippen LogP contribution in [0.3, 0.4) is 0 Å². The van der Waals surface area contributed by atoms with E-state index < -0.39 is 22.7 Å². The van der Waals surface area contributed by atoms with Crippen molar-refractivity contribution in [3.8, 4) is 0 Å². The Hall–Kier alpha value is -4.31. The Balaban J connectivity index is 1.89. The minimum atomic E-state index is -0.635. The van der Waals surface area contributed by atoms with Crippen LogP contribution in [0.5, 0.6) is 0 Å². The predicted octanol–water partition coefficient (Wildman–Crippen LogP) is 4.55. The highest BCUT2D eigenvalue weighted by atomic mass is 79.9. The highest BCUT2D eigenvalue weighted by Crippen LogP contribution is 2.18. The first-order valence-corrected chi connectivity index (χ1v) is 10.6. The van der Waals surface area contributed by atoms with Crippen LogP contribution in [0.2, 0.25) is 0 Å². The van der Waals surface area contributed by atoms with E-state index >= 15 is 0 Å². The van der Waals surface area contributed by atoms with E-state index in [1.54, 1.807) is 24.3 Å². The molecule has 3 rings (SSSR count). The van der Waals surface area contributed by atoms with Gasteiger partial charge < -0.3 is 15.4 Å². The van der Waals surface area contributed by atoms with Crippen LogP contribution in [-0.4, -0.2) is 29.8 Å². The first-order chi connectivity index (χ1) is 16.3. The number of rotatable bonds is 7. The zero-order chi connectivity index (χ0) is 24.7. The lowest BCUT2D eigenvalue weighted by atomic mass is 10.1. The molecule has 3 aromatic carbocycles. The Kier molecular flexibility index (Phi) is 7.88. The molecular formula is C24H18BrN3O6. The van der Waals surface area contributed by atoms with Crippen LogP contribution in [0.15, 0.2) is 83.0 Å². The standard InChI is InChI=1S/C24H18BrN3O6/c1-34-24(31)16-8-10-17(11-9-16)26-23(30)21(14-15-6-12-18(13-7-15)28(32)33)27-22(29)19-4-2-3-5-20(19)25/h2-14H,1H3,(H,26,30)(H,27,29)/b21-14+. The van der Waals surface area contributed by atoms with Gasteiger partial charge in [0.15, 0.2) is 0 Å². The van der Waals surface area contributed by atoms with E-state index in [-0.39, 0.29) is 11.4 Å². The molecule has 0 atom stereocenters. The molecule has 0 radical (unpaired) electrons. The number of benzene rings is 3. The van der Waals surface area contributed by atoms with Crippen LogP contribution in [0, 0.1) is 10.1 Å². The van der Waals surface area contributed by atoms with Crippen LogP contribution in [-0.2, 0) is 9.53 Å². The molecule has 10 heteroatoms. The van der Waals surface area contributed by atoms with Gasteiger partial charge in [-0.05, 0) is 76.1 Å². The van der Waals surface area contributed by atoms with Crippen LogP contribution < -0.4 is 10.6 Å². The van der Waals surface area contributed by atoms with Crippen molar-refractivity contribution in [2.75, 3.05) is 12.4 Å². The first kappa shape index (κ1) is 24.3. The number of amides is 2. The third-order valence-electron chi connectivity index (χ3n) is 4.59. The Bertz CT molecular complexity index is 1270. The van der Waals surface area contributed by atoms with Gasteiger partial charge in [-0.2, -0.15) is 0 Å². The van der Waals surface area contributed by atoms with Crippen LogP contribution in [0.1, 0.15) is 26.3 Å². The van der Waals surface area contributed by atoms with Gasteiger partial charge in [0.25, 0.3) is 17.5 Å². The second kappa shape index (κ2) is 11.0. The van der Waals surface area contributed by atoms with E-state index in [9.17, 15) is 24.5 Å². The van der Waals surface area contributed by atoms with Crippen LogP contribution >= 0.6 is 15.9 Å². The number of ether oxygens (including phenoxy) is 1. The number of carbonyl (C=O) groups excluding carboxylic acids is 3. The summed E-state index contributed by atoms with van der Waals surface area (Å²) in [6.07, 6.45) is 1.40. The summed E-state index contributed by atoms with van der Waals surface area (Å²) >= 11 is 3.31. The topological polar surface area (TPSA) is 128 Å². The summed E-state index contributed by atoms with van der Waals surface area (Å²) in [6.45, 7) is 0. The number of carbonyl (C=O) groups is 3. The average Bonchev–Trinajstić information content (AvgIpc) is 2.84. The maximum absolute atomic E-state index is 13.0. The Morgan fingerprint density at radius 1 is 0.971 bits per heavy atom. The zero-order valence-electron chi connectivity index (χ0n) is 17.8. The lowest BCUT2D eigenvalue weighted by molar-refractivity contribution is -0.384. The molecule has 3 aromatic rings. The van der Waals surface area contributed by atoms with Gasteiger partial charge in [-0.3, -0.25) is 19.7 Å². The number of methoxy groups -OCH3 is 1. The van der Waals surface area contributed by atoms with E-state index in [0.29, 0.717) is 26.9 Å². The van der Waals surface area contributed by atoms with E-state index in [2.05, 4.69) is 31.3 Å². The molecule has 0 saturated heterocycles. The van der Waals surface area contributed by atoms with Gasteiger partial charge in [0.05, 0.1) is 23.2 Å². The highest BCUT2D eigenvalue weighted by Gasteiger charge is 2.17. The molecule has 0 saturated carbocycles. The maximum atomic E-state index is 13.0. The van der Waals surface area contributed by atoms with E-state index in [1.807, 2.05) is 0 Å². The van der Waals surface area contributed by atoms with Gasteiger partial charge in [-0.25, -0.2) is 4.79 Å². The number of hydrogen-bond donors (Lipinski definition) is 2. The predicted molar refractivity (Wildman–Crippen MR) is 129 cm³/mol. The fraction of sp³-hybridized carbons (Fsp3) is 0.0417. The molecule has 0 aromatic heterocycles. The van der Waals surface area contributed by atoms with E-state index in [4.69, 9.17) is 0 Å². The Labute approximate surface area is 202 Å². The Morgan fingerprint density at radius 2 is 1.62 bits per heavy atom. The molecule has 2 N–H and O–H groups in total. The summed E-state index contributed by atoms with van der Waals surface area (Å²) in [5.41, 5.74) is 1.26. The largest absolute Gasteiger partial charge is 0.465 e. The number of hydrogen-bond acceptors (Lipinski definition) is 6. The third kappa shape index (κ3) is 6.14. The summed E-state index contributed by atoms with van der Waals surface area (Å²) < 4.78 is 5.19. The van der Waals surface area contributed by atoms with Gasteiger partial charge in [-0.1, -0.05) is 12.1 Å². The number of nitro benzene ring substituents is 1. The van der Waals surface area contributed by atoms with Crippen molar-refractivity contribution >= 4 is 51.2 Å². The second-order valence-electron chi connectivity index (χ2n) is 6.86. The van der Waals surface area contributed by atoms with Gasteiger partial charge in [0, 0.05) is 22.3 Å². The molecule has 0 bridgehead atoms. The molecule has 0 aliphatic rings. The number of nitro groups is 1. The van der Waals surface area contributed by atoms with Crippen LogP contribution in [0.25, 0.3) is 6.08 Å². The SMILES string of the molecule is COC(=O)c1ccc(NC(=O)/C(=C\c2ccc([N+](=O)[O-])cc2)NC(=O)c2ccccc2Br)cc1. The van der Waals surface area contributed by atoms with Crippen LogP contribution in [0.4, 0.5) is 11.4 Å². The van der Waals surface area contributed by atoms with Crippen molar-refractivity contribution < 1.29 is 24.0 Å². The summed E-state index contributed by atoms with van der Waals surface area (Å²) in [7, 11) is 1.26. The zero-order valence-corrected chi connectivity index (χ0v) is 19.4. The molecule has 0 aliphatic heterocycles. The molecule has 34 heavy (non-hydrogen) atoms. The fourth-order valence-electron chi connectivity index (χ4n) is 2.86. The van der Waals surface area contributed by atoms with Gasteiger partial charge in [0.1, 0.15) is 5.70 Å². The van der Waals surface area contributed by atoms with Crippen molar-refractivity contribution in [3.05, 3.63) is 110 Å². The molecule has 0 unspecified atom stereocenters. The van der Waals surface area contributed by atoms with Crippen molar-refractivity contribution in [1.29, 1.82) is 0 Å². The molecule has 2 amide bonds. The normalized spacial score (nSPS) is 10.8. The van der Waals surface area contributed by atoms with Gasteiger partial charge in [-0.15, -0.1) is 0 Å². The number of anilines is 1. The van der Waals surface area contributed by atoms with E-state index in [0.717, 1.165) is 0 Å². The van der Waals surface area contributed by atoms with Gasteiger partial charge >= 0.3 is 5.97 Å². The number of nitrogens with one attached hydrogen (secondary N) is 2. The lowest BCUT2D eigenvalue weighted by Gasteiger charge is -2.12. The summed E-state index contributed by atoms with van der Waals surface area (Å²) in [6, 6.07) is 18.2. The first-order valence-electron chi connectivity index (χ1n) is 9.80. The Morgan fingerprint density at radius 3 is 2.21 bits per heavy atom. The third-order valence-corrected chi connectivity index (χ3v) is 5.28. The smallest absolute Gasteiger partial charge is 0.337 e. The minimum absolute atomic E-state index is 0.0911. The van der Waals surface area contributed by atoms with Gasteiger partial charge in [0.2, 0.25) is 0 Å². The van der Waals surface area contributed by atoms with E-state index in [1.165, 1.54) is 61.7 Å². The summed E-state index contributed by atoms with van der Waals surface area (Å²) in [5, 5.41) is 16.1. The molecule has 0 heterocycles. The monoisotopic (exact) mass is 523 g/mol. The fourth-order valence-corrected chi connectivity index (χ4v) is 3.32. The minimum Gasteiger partial charge on any atom is -0.465 e. The molecule has 0 fully saturated rings. The number of non-ortho nitro benzene ring substituents is 1. The lowest BCUT2D eigenvalue weighted by Crippen LogP contribution is -2.31. The molecule has 0 spiro atoms. The quantitative estimate of drug-likeness (QED) is 0.202. The maximum Gasteiger partial charge on any atom is 0.337 e. The summed E-state index contributed by atoms with van der Waals surface area (Å²) in [5.74, 6) is -1.68. The highest BCUT2D eigenvalue weighted by molar-refractivity contribution is 9.10. The molecule has 0 aliphatic carbocycles. The number of esters is 1. The van der Waals surface area contributed by atoms with Crippen molar-refractivity contribution in [2.45, 2.75) is 0 Å². The number of nitrogens with zero attached hydrogens (tertiary/aromatic N) is 1. The molecular weight excluding hydrogens is 506 g/mol. The molecule has 9 nitrogen and oxygen atoms in total. The average molecular weight is 524 g/mol. The molecule has 172 valence electrons. The van der Waals surface area contributed by atoms with Crippen molar-refractivity contribution in [1.82, 2.24) is 5.32 Å². The summed E-state index contributed by atoms with van der Waals surface area (Å²) in [4.78, 5) is 47.8. The van der Waals surface area contributed by atoms with Crippen molar-refractivity contribution in [3.63, 3.8) is 0 Å².